The summed E-state index contributed by atoms with van der Waals surface area (Å²) >= 11 is 0. The molecular formula is C13H11NO5S. The lowest BCUT2D eigenvalue weighted by atomic mass is 10.0. The van der Waals surface area contributed by atoms with Crippen LogP contribution in [0.5, 0.6) is 0 Å². The summed E-state index contributed by atoms with van der Waals surface area (Å²) in [7, 11) is -3.62. The number of hydrogen-bond acceptors (Lipinski definition) is 5. The largest absolute Gasteiger partial charge is 0.465 e. The van der Waals surface area contributed by atoms with E-state index in [-0.39, 0.29) is 17.2 Å². The van der Waals surface area contributed by atoms with Crippen LogP contribution in [0.3, 0.4) is 0 Å². The van der Waals surface area contributed by atoms with Gasteiger partial charge in [-0.05, 0) is 6.07 Å². The highest BCUT2D eigenvalue weighted by Gasteiger charge is 2.34. The van der Waals surface area contributed by atoms with Gasteiger partial charge in [-0.15, -0.1) is 0 Å². The maximum absolute atomic E-state index is 12.0. The second-order valence-electron chi connectivity index (χ2n) is 4.57. The van der Waals surface area contributed by atoms with Crippen LogP contribution in [-0.2, 0) is 24.3 Å². The number of hydrogen-bond donors (Lipinski definition) is 1. The zero-order chi connectivity index (χ0) is 14.3. The SMILES string of the molecule is O=C(/C=C1\NS(=O)(=O)c2ccccc21)C1CCOC1=O. The highest BCUT2D eigenvalue weighted by molar-refractivity contribution is 7.90. The minimum atomic E-state index is -3.62. The third kappa shape index (κ3) is 2.00. The number of fused-ring (bicyclic) bond motifs is 1. The maximum atomic E-state index is 12.0. The van der Waals surface area contributed by atoms with Crippen LogP contribution in [0.25, 0.3) is 5.70 Å². The standard InChI is InChI=1S/C13H11NO5S/c15-11(9-5-6-19-13(9)16)7-10-8-3-1-2-4-12(8)20(17,18)14-10/h1-4,7,9,14H,5-6H2/b10-7-. The van der Waals surface area contributed by atoms with Crippen LogP contribution in [0.15, 0.2) is 35.2 Å². The van der Waals surface area contributed by atoms with Crippen LogP contribution in [0.2, 0.25) is 0 Å². The van der Waals surface area contributed by atoms with Gasteiger partial charge in [-0.25, -0.2) is 8.42 Å². The Morgan fingerprint density at radius 2 is 2.10 bits per heavy atom. The van der Waals surface area contributed by atoms with Crippen LogP contribution in [0, 0.1) is 5.92 Å². The summed E-state index contributed by atoms with van der Waals surface area (Å²) in [6.07, 6.45) is 1.50. The molecule has 0 spiro atoms. The fourth-order valence-electron chi connectivity index (χ4n) is 2.28. The molecule has 2 aliphatic rings. The van der Waals surface area contributed by atoms with Crippen molar-refractivity contribution in [2.45, 2.75) is 11.3 Å². The summed E-state index contributed by atoms with van der Waals surface area (Å²) < 4.78 is 30.8. The highest BCUT2D eigenvalue weighted by Crippen LogP contribution is 2.30. The van der Waals surface area contributed by atoms with Crippen molar-refractivity contribution in [2.75, 3.05) is 6.61 Å². The van der Waals surface area contributed by atoms with Gasteiger partial charge >= 0.3 is 5.97 Å². The quantitative estimate of drug-likeness (QED) is 0.486. The van der Waals surface area contributed by atoms with Gasteiger partial charge in [-0.3, -0.25) is 14.3 Å². The Hall–Kier alpha value is -2.15. The van der Waals surface area contributed by atoms with Crippen molar-refractivity contribution in [3.05, 3.63) is 35.9 Å². The first-order valence-corrected chi connectivity index (χ1v) is 7.52. The Morgan fingerprint density at radius 3 is 2.80 bits per heavy atom. The number of rotatable bonds is 2. The molecular weight excluding hydrogens is 282 g/mol. The van der Waals surface area contributed by atoms with E-state index in [4.69, 9.17) is 4.74 Å². The molecule has 1 N–H and O–H groups in total. The number of ether oxygens (including phenoxy) is 1. The Labute approximate surface area is 115 Å². The average Bonchev–Trinajstić information content (AvgIpc) is 2.93. The van der Waals surface area contributed by atoms with E-state index in [0.29, 0.717) is 12.0 Å². The van der Waals surface area contributed by atoms with Gasteiger partial charge in [0.05, 0.1) is 17.2 Å². The third-order valence-corrected chi connectivity index (χ3v) is 4.70. The van der Waals surface area contributed by atoms with Crippen LogP contribution in [0.1, 0.15) is 12.0 Å². The Morgan fingerprint density at radius 1 is 1.35 bits per heavy atom. The predicted octanol–water partition coefficient (Wildman–Crippen LogP) is 0.452. The molecule has 0 aromatic heterocycles. The number of allylic oxidation sites excluding steroid dienone is 1. The van der Waals surface area contributed by atoms with Crippen molar-refractivity contribution in [1.29, 1.82) is 0 Å². The van der Waals surface area contributed by atoms with Gasteiger partial charge < -0.3 is 4.74 Å². The molecule has 1 fully saturated rings. The number of carbonyl (C=O) groups is 2. The molecule has 1 atom stereocenters. The number of ketones is 1. The summed E-state index contributed by atoms with van der Waals surface area (Å²) in [6, 6.07) is 6.37. The Balaban J connectivity index is 1.98. The van der Waals surface area contributed by atoms with Crippen LogP contribution < -0.4 is 4.72 Å². The van der Waals surface area contributed by atoms with Crippen molar-refractivity contribution >= 4 is 27.5 Å². The first-order valence-electron chi connectivity index (χ1n) is 6.03. The molecule has 1 saturated heterocycles. The summed E-state index contributed by atoms with van der Waals surface area (Å²) in [6.45, 7) is 0.223. The number of esters is 1. The fraction of sp³-hybridized carbons (Fsp3) is 0.231. The van der Waals surface area contributed by atoms with Crippen LogP contribution >= 0.6 is 0 Å². The summed E-state index contributed by atoms with van der Waals surface area (Å²) in [5.74, 6) is -1.83. The molecule has 2 aliphatic heterocycles. The minimum Gasteiger partial charge on any atom is -0.465 e. The Bertz CT molecular complexity index is 735. The smallest absolute Gasteiger partial charge is 0.316 e. The lowest BCUT2D eigenvalue weighted by molar-refractivity contribution is -0.143. The van der Waals surface area contributed by atoms with E-state index in [1.54, 1.807) is 18.2 Å². The molecule has 20 heavy (non-hydrogen) atoms. The van der Waals surface area contributed by atoms with Crippen molar-refractivity contribution in [2.24, 2.45) is 5.92 Å². The van der Waals surface area contributed by atoms with Gasteiger partial charge in [-0.1, -0.05) is 18.2 Å². The maximum Gasteiger partial charge on any atom is 0.316 e. The number of nitrogens with one attached hydrogen (secondary N) is 1. The van der Waals surface area contributed by atoms with Crippen LogP contribution in [0.4, 0.5) is 0 Å². The first-order chi connectivity index (χ1) is 9.49. The summed E-state index contributed by atoms with van der Waals surface area (Å²) in [5.41, 5.74) is 0.637. The average molecular weight is 293 g/mol. The molecule has 0 bridgehead atoms. The molecule has 0 saturated carbocycles. The number of benzene rings is 1. The van der Waals surface area contributed by atoms with Crippen molar-refractivity contribution in [3.8, 4) is 0 Å². The predicted molar refractivity (Wildman–Crippen MR) is 68.8 cm³/mol. The third-order valence-electron chi connectivity index (χ3n) is 3.28. The minimum absolute atomic E-state index is 0.132. The highest BCUT2D eigenvalue weighted by atomic mass is 32.2. The molecule has 1 aromatic rings. The van der Waals surface area contributed by atoms with Crippen molar-refractivity contribution < 1.29 is 22.7 Å². The molecule has 1 unspecified atom stereocenters. The van der Waals surface area contributed by atoms with Gasteiger partial charge in [0.25, 0.3) is 10.0 Å². The molecule has 0 amide bonds. The molecule has 3 rings (SSSR count). The second kappa shape index (κ2) is 4.45. The molecule has 6 nitrogen and oxygen atoms in total. The second-order valence-corrected chi connectivity index (χ2v) is 6.22. The zero-order valence-electron chi connectivity index (χ0n) is 10.3. The fourth-order valence-corrected chi connectivity index (χ4v) is 3.58. The van der Waals surface area contributed by atoms with Crippen LogP contribution in [-0.4, -0.2) is 26.8 Å². The number of cyclic esters (lactones) is 1. The number of carbonyl (C=O) groups excluding carboxylic acids is 2. The molecule has 0 radical (unpaired) electrons. The molecule has 2 heterocycles. The van der Waals surface area contributed by atoms with Gasteiger partial charge in [-0.2, -0.15) is 0 Å². The van der Waals surface area contributed by atoms with Gasteiger partial charge in [0.2, 0.25) is 0 Å². The van der Waals surface area contributed by atoms with E-state index >= 15 is 0 Å². The van der Waals surface area contributed by atoms with Gasteiger partial charge in [0, 0.05) is 18.1 Å². The van der Waals surface area contributed by atoms with E-state index in [1.807, 2.05) is 0 Å². The van der Waals surface area contributed by atoms with Gasteiger partial charge in [0.1, 0.15) is 5.92 Å². The Kier molecular flexibility index (Phi) is 2.86. The molecule has 7 heteroatoms. The normalized spacial score (nSPS) is 25.1. The molecule has 1 aromatic carbocycles. The van der Waals surface area contributed by atoms with Crippen molar-refractivity contribution in [3.63, 3.8) is 0 Å². The van der Waals surface area contributed by atoms with E-state index < -0.39 is 27.7 Å². The zero-order valence-corrected chi connectivity index (χ0v) is 11.1. The first kappa shape index (κ1) is 12.9. The van der Waals surface area contributed by atoms with E-state index in [0.717, 1.165) is 0 Å². The van der Waals surface area contributed by atoms with Gasteiger partial charge in [0.15, 0.2) is 5.78 Å². The summed E-state index contributed by atoms with van der Waals surface area (Å²) in [5, 5.41) is 0. The van der Waals surface area contributed by atoms with Crippen molar-refractivity contribution in [1.82, 2.24) is 4.72 Å². The lowest BCUT2D eigenvalue weighted by Gasteiger charge is -2.02. The molecule has 0 aliphatic carbocycles. The lowest BCUT2D eigenvalue weighted by Crippen LogP contribution is -2.19. The topological polar surface area (TPSA) is 89.5 Å². The van der Waals surface area contributed by atoms with E-state index in [2.05, 4.69) is 4.72 Å². The van der Waals surface area contributed by atoms with E-state index in [1.165, 1.54) is 12.1 Å². The summed E-state index contributed by atoms with van der Waals surface area (Å²) in [4.78, 5) is 23.5. The molecule has 104 valence electrons. The monoisotopic (exact) mass is 293 g/mol. The van der Waals surface area contributed by atoms with E-state index in [9.17, 15) is 18.0 Å². The number of sulfonamides is 1.